The SMILES string of the molecule is CC1=C(C#N)c2nc3ccccc3n2[C@H](O)/C1=C\Nc1cccc(C)c1. The van der Waals surface area contributed by atoms with Crippen molar-refractivity contribution < 1.29 is 5.11 Å². The van der Waals surface area contributed by atoms with Gasteiger partial charge >= 0.3 is 0 Å². The molecule has 128 valence electrons. The van der Waals surface area contributed by atoms with Crippen molar-refractivity contribution in [1.29, 1.82) is 5.26 Å². The lowest BCUT2D eigenvalue weighted by Crippen LogP contribution is -2.20. The van der Waals surface area contributed by atoms with Crippen LogP contribution in [0.2, 0.25) is 0 Å². The largest absolute Gasteiger partial charge is 0.369 e. The van der Waals surface area contributed by atoms with Crippen LogP contribution in [0.5, 0.6) is 0 Å². The molecule has 0 fully saturated rings. The Balaban J connectivity index is 1.84. The van der Waals surface area contributed by atoms with E-state index in [2.05, 4.69) is 16.4 Å². The molecule has 0 amide bonds. The number of fused-ring (bicyclic) bond motifs is 3. The van der Waals surface area contributed by atoms with Crippen LogP contribution in [0.3, 0.4) is 0 Å². The van der Waals surface area contributed by atoms with E-state index in [9.17, 15) is 10.4 Å². The highest BCUT2D eigenvalue weighted by Crippen LogP contribution is 2.38. The van der Waals surface area contributed by atoms with Gasteiger partial charge in [0.2, 0.25) is 0 Å². The number of rotatable bonds is 2. The highest BCUT2D eigenvalue weighted by Gasteiger charge is 2.30. The van der Waals surface area contributed by atoms with E-state index in [-0.39, 0.29) is 0 Å². The van der Waals surface area contributed by atoms with Gasteiger partial charge in [0.05, 0.1) is 16.6 Å². The summed E-state index contributed by atoms with van der Waals surface area (Å²) in [6.07, 6.45) is 0.857. The van der Waals surface area contributed by atoms with Gasteiger partial charge in [-0.25, -0.2) is 4.98 Å². The van der Waals surface area contributed by atoms with Gasteiger partial charge in [0, 0.05) is 17.5 Å². The first-order chi connectivity index (χ1) is 12.6. The zero-order valence-electron chi connectivity index (χ0n) is 14.6. The Bertz CT molecular complexity index is 1110. The van der Waals surface area contributed by atoms with Gasteiger partial charge in [-0.1, -0.05) is 24.3 Å². The minimum atomic E-state index is -0.910. The van der Waals surface area contributed by atoms with Gasteiger partial charge in [0.25, 0.3) is 0 Å². The summed E-state index contributed by atoms with van der Waals surface area (Å²) in [5.74, 6) is 0.506. The summed E-state index contributed by atoms with van der Waals surface area (Å²) in [5, 5.41) is 23.9. The summed E-state index contributed by atoms with van der Waals surface area (Å²) in [6, 6.07) is 17.8. The maximum absolute atomic E-state index is 11.0. The Kier molecular flexibility index (Phi) is 3.83. The van der Waals surface area contributed by atoms with E-state index in [1.54, 1.807) is 10.8 Å². The number of aliphatic hydroxyl groups excluding tert-OH is 1. The van der Waals surface area contributed by atoms with Crippen LogP contribution < -0.4 is 5.32 Å². The Morgan fingerprint density at radius 2 is 2.00 bits per heavy atom. The van der Waals surface area contributed by atoms with Gasteiger partial charge in [-0.3, -0.25) is 4.57 Å². The smallest absolute Gasteiger partial charge is 0.160 e. The Morgan fingerprint density at radius 3 is 2.77 bits per heavy atom. The number of nitrogens with one attached hydrogen (secondary N) is 1. The molecule has 1 aliphatic heterocycles. The number of imidazole rings is 1. The maximum atomic E-state index is 11.0. The van der Waals surface area contributed by atoms with Crippen molar-refractivity contribution in [2.24, 2.45) is 0 Å². The predicted octanol–water partition coefficient (Wildman–Crippen LogP) is 4.14. The quantitative estimate of drug-likeness (QED) is 0.734. The second-order valence-electron chi connectivity index (χ2n) is 6.39. The molecule has 3 aromatic rings. The second kappa shape index (κ2) is 6.17. The molecule has 0 radical (unpaired) electrons. The lowest BCUT2D eigenvalue weighted by atomic mass is 9.97. The number of allylic oxidation sites excluding steroid dienone is 1. The number of benzene rings is 2. The van der Waals surface area contributed by atoms with Crippen LogP contribution in [0.1, 0.15) is 24.5 Å². The number of aromatic nitrogens is 2. The van der Waals surface area contributed by atoms with Gasteiger partial charge in [-0.15, -0.1) is 0 Å². The standard InChI is InChI=1S/C21H18N4O/c1-13-6-5-7-15(10-13)23-12-17-14(2)16(11-22)20-24-18-8-3-4-9-19(18)25(20)21(17)26/h3-10,12,21,23,26H,1-2H3/b17-12-/t21-/m1/s1. The van der Waals surface area contributed by atoms with Gasteiger partial charge in [-0.2, -0.15) is 5.26 Å². The first-order valence-electron chi connectivity index (χ1n) is 8.40. The highest BCUT2D eigenvalue weighted by atomic mass is 16.3. The molecule has 0 saturated carbocycles. The molecule has 4 rings (SSSR count). The van der Waals surface area contributed by atoms with Crippen LogP contribution in [-0.4, -0.2) is 14.7 Å². The van der Waals surface area contributed by atoms with Crippen molar-refractivity contribution in [3.05, 3.63) is 77.3 Å². The normalized spacial score (nSPS) is 18.1. The van der Waals surface area contributed by atoms with Crippen LogP contribution in [0.25, 0.3) is 16.6 Å². The van der Waals surface area contributed by atoms with Crippen LogP contribution in [0, 0.1) is 18.3 Å². The molecule has 0 unspecified atom stereocenters. The number of hydrogen-bond donors (Lipinski definition) is 2. The molecular formula is C21H18N4O. The fourth-order valence-corrected chi connectivity index (χ4v) is 3.33. The van der Waals surface area contributed by atoms with Crippen molar-refractivity contribution in [3.63, 3.8) is 0 Å². The van der Waals surface area contributed by atoms with Gasteiger partial charge in [0.15, 0.2) is 12.1 Å². The molecule has 26 heavy (non-hydrogen) atoms. The molecule has 0 saturated heterocycles. The van der Waals surface area contributed by atoms with Crippen LogP contribution in [0.4, 0.5) is 5.69 Å². The van der Waals surface area contributed by atoms with E-state index in [1.807, 2.05) is 62.4 Å². The summed E-state index contributed by atoms with van der Waals surface area (Å²) in [4.78, 5) is 4.55. The molecule has 5 heteroatoms. The molecule has 2 heterocycles. The number of anilines is 1. The third kappa shape index (κ3) is 2.48. The molecule has 2 N–H and O–H groups in total. The molecule has 0 spiro atoms. The van der Waals surface area contributed by atoms with E-state index in [0.29, 0.717) is 17.0 Å². The summed E-state index contributed by atoms with van der Waals surface area (Å²) >= 11 is 0. The molecular weight excluding hydrogens is 324 g/mol. The van der Waals surface area contributed by atoms with E-state index >= 15 is 0 Å². The zero-order valence-corrected chi connectivity index (χ0v) is 14.6. The van der Waals surface area contributed by atoms with Gasteiger partial charge in [-0.05, 0) is 49.2 Å². The number of hydrogen-bond acceptors (Lipinski definition) is 4. The van der Waals surface area contributed by atoms with Crippen molar-refractivity contribution >= 4 is 22.3 Å². The fraction of sp³-hybridized carbons (Fsp3) is 0.143. The Hall–Kier alpha value is -3.36. The van der Waals surface area contributed by atoms with Crippen molar-refractivity contribution in [2.75, 3.05) is 5.32 Å². The molecule has 0 aliphatic carbocycles. The minimum Gasteiger partial charge on any atom is -0.369 e. The van der Waals surface area contributed by atoms with Crippen LogP contribution >= 0.6 is 0 Å². The summed E-state index contributed by atoms with van der Waals surface area (Å²) < 4.78 is 1.71. The minimum absolute atomic E-state index is 0.476. The van der Waals surface area contributed by atoms with E-state index in [1.165, 1.54) is 0 Å². The van der Waals surface area contributed by atoms with Crippen molar-refractivity contribution in [2.45, 2.75) is 20.1 Å². The fourth-order valence-electron chi connectivity index (χ4n) is 3.33. The van der Waals surface area contributed by atoms with Crippen molar-refractivity contribution in [1.82, 2.24) is 9.55 Å². The topological polar surface area (TPSA) is 73.9 Å². The first-order valence-corrected chi connectivity index (χ1v) is 8.40. The predicted molar refractivity (Wildman–Crippen MR) is 102 cm³/mol. The average molecular weight is 342 g/mol. The molecule has 1 aromatic heterocycles. The Morgan fingerprint density at radius 1 is 1.19 bits per heavy atom. The second-order valence-corrected chi connectivity index (χ2v) is 6.39. The number of aliphatic hydroxyl groups is 1. The number of para-hydroxylation sites is 2. The van der Waals surface area contributed by atoms with E-state index in [0.717, 1.165) is 27.9 Å². The van der Waals surface area contributed by atoms with Gasteiger partial charge in [0.1, 0.15) is 6.07 Å². The third-order valence-electron chi connectivity index (χ3n) is 4.67. The van der Waals surface area contributed by atoms with E-state index < -0.39 is 6.23 Å². The highest BCUT2D eigenvalue weighted by molar-refractivity contribution is 5.87. The summed E-state index contributed by atoms with van der Waals surface area (Å²) in [5.41, 5.74) is 5.49. The number of nitriles is 1. The van der Waals surface area contributed by atoms with E-state index in [4.69, 9.17) is 0 Å². The Labute approximate surface area is 151 Å². The zero-order chi connectivity index (χ0) is 18.3. The van der Waals surface area contributed by atoms with Crippen molar-refractivity contribution in [3.8, 4) is 6.07 Å². The first kappa shape index (κ1) is 16.1. The molecule has 0 bridgehead atoms. The third-order valence-corrected chi connectivity index (χ3v) is 4.67. The monoisotopic (exact) mass is 342 g/mol. The number of nitrogens with zero attached hydrogens (tertiary/aromatic N) is 3. The maximum Gasteiger partial charge on any atom is 0.160 e. The summed E-state index contributed by atoms with van der Waals surface area (Å²) in [7, 11) is 0. The molecule has 1 atom stereocenters. The lowest BCUT2D eigenvalue weighted by molar-refractivity contribution is 0.145. The molecule has 2 aromatic carbocycles. The van der Waals surface area contributed by atoms with Gasteiger partial charge < -0.3 is 10.4 Å². The molecule has 1 aliphatic rings. The summed E-state index contributed by atoms with van der Waals surface area (Å²) in [6.45, 7) is 3.87. The molecule has 5 nitrogen and oxygen atoms in total. The average Bonchev–Trinajstić information content (AvgIpc) is 3.01. The van der Waals surface area contributed by atoms with Crippen LogP contribution in [-0.2, 0) is 0 Å². The van der Waals surface area contributed by atoms with Crippen LogP contribution in [0.15, 0.2) is 65.9 Å². The lowest BCUT2D eigenvalue weighted by Gasteiger charge is -2.25. The number of aryl methyl sites for hydroxylation is 1.